The van der Waals surface area contributed by atoms with Crippen molar-refractivity contribution in [3.05, 3.63) is 21.9 Å². The van der Waals surface area contributed by atoms with Crippen LogP contribution in [0, 0.1) is 0 Å². The van der Waals surface area contributed by atoms with Gasteiger partial charge in [-0.25, -0.2) is 0 Å². The molecule has 0 radical (unpaired) electrons. The van der Waals surface area contributed by atoms with Crippen molar-refractivity contribution in [2.75, 3.05) is 6.54 Å². The van der Waals surface area contributed by atoms with Crippen LogP contribution in [0.15, 0.2) is 11.4 Å². The van der Waals surface area contributed by atoms with Gasteiger partial charge in [0.15, 0.2) is 0 Å². The third-order valence-corrected chi connectivity index (χ3v) is 4.54. The lowest BCUT2D eigenvalue weighted by atomic mass is 9.91. The second-order valence-corrected chi connectivity index (χ2v) is 6.12. The summed E-state index contributed by atoms with van der Waals surface area (Å²) in [6, 6.07) is 2.95. The summed E-state index contributed by atoms with van der Waals surface area (Å²) >= 11 is 1.97. The van der Waals surface area contributed by atoms with Gasteiger partial charge < -0.3 is 5.32 Å². The molecule has 90 valence electrons. The average Bonchev–Trinajstić information content (AvgIpc) is 2.65. The molecule has 1 aliphatic rings. The van der Waals surface area contributed by atoms with Crippen molar-refractivity contribution in [2.24, 2.45) is 0 Å². The summed E-state index contributed by atoms with van der Waals surface area (Å²) in [6.07, 6.45) is 6.87. The summed E-state index contributed by atoms with van der Waals surface area (Å²) in [5.41, 5.74) is 1.63. The molecule has 16 heavy (non-hydrogen) atoms. The second-order valence-electron chi connectivity index (χ2n) is 5.17. The molecule has 0 fully saturated rings. The maximum atomic E-state index is 3.60. The van der Waals surface area contributed by atoms with Crippen LogP contribution in [0.3, 0.4) is 0 Å². The minimum absolute atomic E-state index is 0.605. The van der Waals surface area contributed by atoms with Gasteiger partial charge in [0.25, 0.3) is 0 Å². The first kappa shape index (κ1) is 12.1. The fourth-order valence-electron chi connectivity index (χ4n) is 2.50. The summed E-state index contributed by atoms with van der Waals surface area (Å²) in [7, 11) is 0. The Morgan fingerprint density at radius 2 is 2.25 bits per heavy atom. The average molecular weight is 237 g/mol. The maximum absolute atomic E-state index is 3.60. The Labute approximate surface area is 103 Å². The second kappa shape index (κ2) is 5.83. The fourth-order valence-corrected chi connectivity index (χ4v) is 3.59. The topological polar surface area (TPSA) is 12.0 Å². The Morgan fingerprint density at radius 3 is 3.06 bits per heavy atom. The first-order valence-corrected chi connectivity index (χ1v) is 7.45. The van der Waals surface area contributed by atoms with Gasteiger partial charge in [0, 0.05) is 23.4 Å². The number of hydrogen-bond donors (Lipinski definition) is 1. The standard InChI is InChI=1S/C14H23NS/c1-11(2)15-10-13-7-5-3-4-6-12-8-9-16-14(12)13/h8-9,11,13,15H,3-7,10H2,1-2H3. The van der Waals surface area contributed by atoms with Crippen molar-refractivity contribution in [1.82, 2.24) is 5.32 Å². The third-order valence-electron chi connectivity index (χ3n) is 3.42. The minimum atomic E-state index is 0.605. The van der Waals surface area contributed by atoms with Crippen LogP contribution >= 0.6 is 11.3 Å². The molecule has 2 rings (SSSR count). The van der Waals surface area contributed by atoms with Crippen LogP contribution < -0.4 is 5.32 Å². The van der Waals surface area contributed by atoms with Crippen LogP contribution in [0.5, 0.6) is 0 Å². The molecule has 0 saturated heterocycles. The lowest BCUT2D eigenvalue weighted by molar-refractivity contribution is 0.480. The van der Waals surface area contributed by atoms with E-state index in [1.807, 2.05) is 11.3 Å². The molecular formula is C14H23NS. The molecule has 0 spiro atoms. The van der Waals surface area contributed by atoms with E-state index in [2.05, 4.69) is 30.6 Å². The minimum Gasteiger partial charge on any atom is -0.314 e. The highest BCUT2D eigenvalue weighted by atomic mass is 32.1. The van der Waals surface area contributed by atoms with E-state index in [0.717, 1.165) is 12.5 Å². The summed E-state index contributed by atoms with van der Waals surface area (Å²) in [5.74, 6) is 0.762. The first-order chi connectivity index (χ1) is 7.77. The highest BCUT2D eigenvalue weighted by Crippen LogP contribution is 2.33. The molecule has 1 unspecified atom stereocenters. The zero-order chi connectivity index (χ0) is 11.4. The molecule has 2 heteroatoms. The monoisotopic (exact) mass is 237 g/mol. The zero-order valence-electron chi connectivity index (χ0n) is 10.5. The van der Waals surface area contributed by atoms with Crippen molar-refractivity contribution in [3.8, 4) is 0 Å². The normalized spacial score (nSPS) is 21.6. The number of nitrogens with one attached hydrogen (secondary N) is 1. The Bertz CT molecular complexity index is 316. The summed E-state index contributed by atoms with van der Waals surface area (Å²) in [5, 5.41) is 5.88. The third kappa shape index (κ3) is 3.08. The molecule has 0 aromatic carbocycles. The molecule has 0 amide bonds. The highest BCUT2D eigenvalue weighted by molar-refractivity contribution is 7.10. The van der Waals surface area contributed by atoms with Crippen molar-refractivity contribution in [3.63, 3.8) is 0 Å². The fraction of sp³-hybridized carbons (Fsp3) is 0.714. The Morgan fingerprint density at radius 1 is 1.38 bits per heavy atom. The molecule has 1 heterocycles. The maximum Gasteiger partial charge on any atom is 0.0121 e. The predicted octanol–water partition coefficient (Wildman–Crippen LogP) is 3.95. The van der Waals surface area contributed by atoms with E-state index in [1.165, 1.54) is 32.1 Å². The van der Waals surface area contributed by atoms with Crippen molar-refractivity contribution in [1.29, 1.82) is 0 Å². The molecule has 0 bridgehead atoms. The van der Waals surface area contributed by atoms with E-state index >= 15 is 0 Å². The molecular weight excluding hydrogens is 214 g/mol. The van der Waals surface area contributed by atoms with Crippen molar-refractivity contribution < 1.29 is 0 Å². The largest absolute Gasteiger partial charge is 0.314 e. The van der Waals surface area contributed by atoms with Gasteiger partial charge in [-0.3, -0.25) is 0 Å². The van der Waals surface area contributed by atoms with Crippen LogP contribution in [0.4, 0.5) is 0 Å². The number of rotatable bonds is 3. The van der Waals surface area contributed by atoms with E-state index in [9.17, 15) is 0 Å². The Hall–Kier alpha value is -0.340. The number of aryl methyl sites for hydroxylation is 1. The smallest absolute Gasteiger partial charge is 0.0121 e. The van der Waals surface area contributed by atoms with Crippen molar-refractivity contribution >= 4 is 11.3 Å². The lowest BCUT2D eigenvalue weighted by Gasteiger charge is -2.22. The van der Waals surface area contributed by atoms with E-state index < -0.39 is 0 Å². The summed E-state index contributed by atoms with van der Waals surface area (Å²) < 4.78 is 0. The van der Waals surface area contributed by atoms with Gasteiger partial charge in [0.2, 0.25) is 0 Å². The number of fused-ring (bicyclic) bond motifs is 1. The zero-order valence-corrected chi connectivity index (χ0v) is 11.3. The van der Waals surface area contributed by atoms with Crippen LogP contribution in [0.1, 0.15) is 55.9 Å². The number of hydrogen-bond acceptors (Lipinski definition) is 2. The van der Waals surface area contributed by atoms with E-state index in [0.29, 0.717) is 6.04 Å². The molecule has 1 aromatic heterocycles. The first-order valence-electron chi connectivity index (χ1n) is 6.57. The van der Waals surface area contributed by atoms with Crippen LogP contribution in [-0.2, 0) is 6.42 Å². The summed E-state index contributed by atoms with van der Waals surface area (Å²) in [4.78, 5) is 1.66. The molecule has 1 aromatic rings. The molecule has 0 aliphatic heterocycles. The number of thiophene rings is 1. The molecule has 1 nitrogen and oxygen atoms in total. The predicted molar refractivity (Wildman–Crippen MR) is 72.4 cm³/mol. The highest BCUT2D eigenvalue weighted by Gasteiger charge is 2.18. The van der Waals surface area contributed by atoms with Crippen LogP contribution in [0.25, 0.3) is 0 Å². The quantitative estimate of drug-likeness (QED) is 0.839. The van der Waals surface area contributed by atoms with Gasteiger partial charge in [-0.05, 0) is 36.3 Å². The van der Waals surface area contributed by atoms with Gasteiger partial charge in [0.05, 0.1) is 0 Å². The van der Waals surface area contributed by atoms with Crippen LogP contribution in [-0.4, -0.2) is 12.6 Å². The van der Waals surface area contributed by atoms with Gasteiger partial charge in [-0.1, -0.05) is 26.7 Å². The van der Waals surface area contributed by atoms with Crippen molar-refractivity contribution in [2.45, 2.75) is 57.9 Å². The van der Waals surface area contributed by atoms with Gasteiger partial charge >= 0.3 is 0 Å². The summed E-state index contributed by atoms with van der Waals surface area (Å²) in [6.45, 7) is 5.63. The molecule has 1 N–H and O–H groups in total. The lowest BCUT2D eigenvalue weighted by Crippen LogP contribution is -2.28. The van der Waals surface area contributed by atoms with Crippen LogP contribution in [0.2, 0.25) is 0 Å². The Balaban J connectivity index is 2.06. The van der Waals surface area contributed by atoms with E-state index in [1.54, 1.807) is 10.4 Å². The Kier molecular flexibility index (Phi) is 4.42. The van der Waals surface area contributed by atoms with E-state index in [-0.39, 0.29) is 0 Å². The molecule has 0 saturated carbocycles. The molecule has 1 aliphatic carbocycles. The van der Waals surface area contributed by atoms with Gasteiger partial charge in [-0.2, -0.15) is 0 Å². The molecule has 1 atom stereocenters. The van der Waals surface area contributed by atoms with E-state index in [4.69, 9.17) is 0 Å². The SMILES string of the molecule is CC(C)NCC1CCCCCc2ccsc21. The van der Waals surface area contributed by atoms with Gasteiger partial charge in [0.1, 0.15) is 0 Å². The van der Waals surface area contributed by atoms with Gasteiger partial charge in [-0.15, -0.1) is 11.3 Å².